The number of rotatable bonds is 8. The van der Waals surface area contributed by atoms with Gasteiger partial charge >= 0.3 is 5.97 Å². The third-order valence-corrected chi connectivity index (χ3v) is 3.37. The molecule has 1 aromatic carbocycles. The first-order valence-corrected chi connectivity index (χ1v) is 7.18. The van der Waals surface area contributed by atoms with E-state index in [1.807, 2.05) is 36.1 Å². The highest BCUT2D eigenvalue weighted by molar-refractivity contribution is 7.80. The second-order valence-corrected chi connectivity index (χ2v) is 5.37. The number of benzene rings is 1. The Morgan fingerprint density at radius 1 is 1.35 bits per heavy atom. The Balaban J connectivity index is 2.97. The Labute approximate surface area is 125 Å². The van der Waals surface area contributed by atoms with E-state index in [0.29, 0.717) is 11.5 Å². The van der Waals surface area contributed by atoms with Crippen molar-refractivity contribution in [1.29, 1.82) is 0 Å². The minimum absolute atomic E-state index is 0.0883. The van der Waals surface area contributed by atoms with Gasteiger partial charge in [-0.1, -0.05) is 49.0 Å². The lowest BCUT2D eigenvalue weighted by atomic mass is 10.0. The molecule has 0 saturated heterocycles. The molecule has 0 aliphatic heterocycles. The van der Waals surface area contributed by atoms with Crippen LogP contribution in [0.2, 0.25) is 0 Å². The molecule has 0 spiro atoms. The molecule has 0 fully saturated rings. The minimum atomic E-state index is -0.809. The predicted octanol–water partition coefficient (Wildman–Crippen LogP) is 2.51. The summed E-state index contributed by atoms with van der Waals surface area (Å²) in [5.74, 6) is -0.809. The van der Waals surface area contributed by atoms with Crippen LogP contribution in [0.3, 0.4) is 0 Å². The van der Waals surface area contributed by atoms with Gasteiger partial charge in [0.1, 0.15) is 0 Å². The molecular formula is C15H22N2O2S. The fourth-order valence-corrected chi connectivity index (χ4v) is 2.49. The SMILES string of the molecule is CCCN(CCC(=O)O)C(C(N)=S)c1ccc(C)cc1. The van der Waals surface area contributed by atoms with E-state index in [1.54, 1.807) is 0 Å². The summed E-state index contributed by atoms with van der Waals surface area (Å²) in [4.78, 5) is 13.2. The lowest BCUT2D eigenvalue weighted by Crippen LogP contribution is -2.38. The van der Waals surface area contributed by atoms with Crippen LogP contribution >= 0.6 is 12.2 Å². The highest BCUT2D eigenvalue weighted by Crippen LogP contribution is 2.22. The Hall–Kier alpha value is -1.46. The highest BCUT2D eigenvalue weighted by atomic mass is 32.1. The lowest BCUT2D eigenvalue weighted by molar-refractivity contribution is -0.137. The molecule has 110 valence electrons. The molecule has 0 amide bonds. The molecule has 0 saturated carbocycles. The van der Waals surface area contributed by atoms with E-state index in [4.69, 9.17) is 23.1 Å². The maximum atomic E-state index is 10.8. The lowest BCUT2D eigenvalue weighted by Gasteiger charge is -2.30. The molecule has 3 N–H and O–H groups in total. The number of carboxylic acids is 1. The summed E-state index contributed by atoms with van der Waals surface area (Å²) < 4.78 is 0. The van der Waals surface area contributed by atoms with Crippen LogP contribution in [0.1, 0.15) is 36.9 Å². The Morgan fingerprint density at radius 2 is 1.95 bits per heavy atom. The number of carbonyl (C=O) groups is 1. The maximum absolute atomic E-state index is 10.8. The van der Waals surface area contributed by atoms with E-state index in [2.05, 4.69) is 6.92 Å². The quantitative estimate of drug-likeness (QED) is 0.721. The molecule has 1 unspecified atom stereocenters. The standard InChI is InChI=1S/C15H22N2O2S/c1-3-9-17(10-8-13(18)19)14(15(16)20)12-6-4-11(2)5-7-12/h4-7,14H,3,8-10H2,1-2H3,(H2,16,20)(H,18,19). The van der Waals surface area contributed by atoms with Crippen molar-refractivity contribution in [2.75, 3.05) is 13.1 Å². The van der Waals surface area contributed by atoms with Gasteiger partial charge in [0.25, 0.3) is 0 Å². The zero-order valence-corrected chi connectivity index (χ0v) is 12.8. The minimum Gasteiger partial charge on any atom is -0.481 e. The summed E-state index contributed by atoms with van der Waals surface area (Å²) in [5.41, 5.74) is 8.07. The summed E-state index contributed by atoms with van der Waals surface area (Å²) >= 11 is 5.19. The smallest absolute Gasteiger partial charge is 0.304 e. The number of aryl methyl sites for hydroxylation is 1. The van der Waals surface area contributed by atoms with Gasteiger partial charge in [-0.3, -0.25) is 9.69 Å². The number of thiocarbonyl (C=S) groups is 1. The number of nitrogens with two attached hydrogens (primary N) is 1. The van der Waals surface area contributed by atoms with Gasteiger partial charge in [0.2, 0.25) is 0 Å². The normalized spacial score (nSPS) is 12.3. The summed E-state index contributed by atoms with van der Waals surface area (Å²) in [6, 6.07) is 7.83. The number of hydrogen-bond donors (Lipinski definition) is 2. The molecule has 1 atom stereocenters. The molecule has 1 rings (SSSR count). The molecule has 0 aliphatic carbocycles. The zero-order valence-electron chi connectivity index (χ0n) is 12.0. The Kier molecular flexibility index (Phi) is 6.61. The number of carboxylic acid groups (broad SMARTS) is 1. The van der Waals surface area contributed by atoms with Gasteiger partial charge in [-0.05, 0) is 25.5 Å². The second-order valence-electron chi connectivity index (χ2n) is 4.90. The first-order chi connectivity index (χ1) is 9.45. The van der Waals surface area contributed by atoms with Crippen LogP contribution in [0.25, 0.3) is 0 Å². The first-order valence-electron chi connectivity index (χ1n) is 6.77. The van der Waals surface area contributed by atoms with Crippen molar-refractivity contribution in [2.24, 2.45) is 5.73 Å². The molecule has 0 aromatic heterocycles. The van der Waals surface area contributed by atoms with Crippen LogP contribution in [-0.4, -0.2) is 34.1 Å². The third kappa shape index (κ3) is 4.90. The summed E-state index contributed by atoms with van der Waals surface area (Å²) in [7, 11) is 0. The fourth-order valence-electron chi connectivity index (χ4n) is 2.20. The van der Waals surface area contributed by atoms with E-state index >= 15 is 0 Å². The highest BCUT2D eigenvalue weighted by Gasteiger charge is 2.22. The monoisotopic (exact) mass is 294 g/mol. The Bertz CT molecular complexity index is 459. The molecule has 0 heterocycles. The van der Waals surface area contributed by atoms with E-state index < -0.39 is 5.97 Å². The predicted molar refractivity (Wildman–Crippen MR) is 84.8 cm³/mol. The fraction of sp³-hybridized carbons (Fsp3) is 0.467. The molecule has 5 heteroatoms. The van der Waals surface area contributed by atoms with Crippen molar-refractivity contribution >= 4 is 23.2 Å². The van der Waals surface area contributed by atoms with Crippen molar-refractivity contribution in [3.63, 3.8) is 0 Å². The second kappa shape index (κ2) is 7.97. The van der Waals surface area contributed by atoms with Gasteiger partial charge in [0, 0.05) is 6.54 Å². The summed E-state index contributed by atoms with van der Waals surface area (Å²) in [5, 5.41) is 8.87. The Morgan fingerprint density at radius 3 is 2.40 bits per heavy atom. The van der Waals surface area contributed by atoms with Crippen molar-refractivity contribution in [3.8, 4) is 0 Å². The molecule has 20 heavy (non-hydrogen) atoms. The zero-order chi connectivity index (χ0) is 15.1. The largest absolute Gasteiger partial charge is 0.481 e. The molecular weight excluding hydrogens is 272 g/mol. The van der Waals surface area contributed by atoms with Crippen LogP contribution in [0.4, 0.5) is 0 Å². The number of nitrogens with zero attached hydrogens (tertiary/aromatic N) is 1. The average molecular weight is 294 g/mol. The van der Waals surface area contributed by atoms with Crippen molar-refractivity contribution in [3.05, 3.63) is 35.4 Å². The van der Waals surface area contributed by atoms with Gasteiger partial charge in [0.15, 0.2) is 0 Å². The first kappa shape index (κ1) is 16.6. The summed E-state index contributed by atoms with van der Waals surface area (Å²) in [6.07, 6.45) is 1.01. The molecule has 1 aromatic rings. The van der Waals surface area contributed by atoms with Gasteiger partial charge in [-0.2, -0.15) is 0 Å². The molecule has 0 aliphatic rings. The molecule has 4 nitrogen and oxygen atoms in total. The molecule has 0 radical (unpaired) electrons. The van der Waals surface area contributed by atoms with Crippen molar-refractivity contribution < 1.29 is 9.90 Å². The van der Waals surface area contributed by atoms with E-state index in [1.165, 1.54) is 5.56 Å². The van der Waals surface area contributed by atoms with Crippen LogP contribution < -0.4 is 5.73 Å². The topological polar surface area (TPSA) is 66.6 Å². The van der Waals surface area contributed by atoms with E-state index in [9.17, 15) is 4.79 Å². The van der Waals surface area contributed by atoms with Crippen molar-refractivity contribution in [2.45, 2.75) is 32.7 Å². The van der Waals surface area contributed by atoms with Crippen LogP contribution in [0, 0.1) is 6.92 Å². The van der Waals surface area contributed by atoms with Gasteiger partial charge < -0.3 is 10.8 Å². The van der Waals surface area contributed by atoms with Gasteiger partial charge in [-0.15, -0.1) is 0 Å². The molecule has 0 bridgehead atoms. The van der Waals surface area contributed by atoms with Gasteiger partial charge in [-0.25, -0.2) is 0 Å². The third-order valence-electron chi connectivity index (χ3n) is 3.15. The number of aliphatic carboxylic acids is 1. The van der Waals surface area contributed by atoms with Crippen molar-refractivity contribution in [1.82, 2.24) is 4.90 Å². The van der Waals surface area contributed by atoms with E-state index in [0.717, 1.165) is 18.5 Å². The maximum Gasteiger partial charge on any atom is 0.304 e. The van der Waals surface area contributed by atoms with Gasteiger partial charge in [0.05, 0.1) is 17.5 Å². The van der Waals surface area contributed by atoms with E-state index in [-0.39, 0.29) is 12.5 Å². The average Bonchev–Trinajstić information content (AvgIpc) is 2.38. The van der Waals surface area contributed by atoms with Crippen LogP contribution in [0.15, 0.2) is 24.3 Å². The van der Waals surface area contributed by atoms with Crippen LogP contribution in [-0.2, 0) is 4.79 Å². The summed E-state index contributed by atoms with van der Waals surface area (Å²) in [6.45, 7) is 5.29. The van der Waals surface area contributed by atoms with Crippen LogP contribution in [0.5, 0.6) is 0 Å². The number of hydrogen-bond acceptors (Lipinski definition) is 3.